The van der Waals surface area contributed by atoms with Gasteiger partial charge in [0.1, 0.15) is 17.9 Å². The fourth-order valence-electron chi connectivity index (χ4n) is 1.56. The van der Waals surface area contributed by atoms with Gasteiger partial charge in [0.2, 0.25) is 0 Å². The number of nitrogens with zero attached hydrogens (tertiary/aromatic N) is 2. The Bertz CT molecular complexity index is 570. The fraction of sp³-hybridized carbons (Fsp3) is 0.308. The molecule has 19 heavy (non-hydrogen) atoms. The number of aromatic nitrogens is 2. The van der Waals surface area contributed by atoms with E-state index < -0.39 is 0 Å². The normalized spacial score (nSPS) is 10.4. The first kappa shape index (κ1) is 14.0. The second-order valence-electron chi connectivity index (χ2n) is 3.81. The molecule has 0 saturated heterocycles. The molecule has 100 valence electrons. The van der Waals surface area contributed by atoms with Crippen LogP contribution >= 0.6 is 23.3 Å². The van der Waals surface area contributed by atoms with Crippen LogP contribution in [0.2, 0.25) is 0 Å². The molecule has 2 aromatic rings. The smallest absolute Gasteiger partial charge is 0.170 e. The van der Waals surface area contributed by atoms with Crippen molar-refractivity contribution in [3.05, 3.63) is 35.2 Å². The van der Waals surface area contributed by atoms with Crippen molar-refractivity contribution < 1.29 is 9.53 Å². The van der Waals surface area contributed by atoms with Gasteiger partial charge in [-0.1, -0.05) is 18.7 Å². The summed E-state index contributed by atoms with van der Waals surface area (Å²) >= 11 is 3.02. The summed E-state index contributed by atoms with van der Waals surface area (Å²) < 4.78 is 10.5. The van der Waals surface area contributed by atoms with Gasteiger partial charge in [-0.3, -0.25) is 4.79 Å². The number of hydrogen-bond acceptors (Lipinski definition) is 6. The van der Waals surface area contributed by atoms with Crippen LogP contribution in [-0.2, 0) is 12.2 Å². The summed E-state index contributed by atoms with van der Waals surface area (Å²) in [5, 5.41) is 0. The van der Waals surface area contributed by atoms with Gasteiger partial charge < -0.3 is 4.74 Å². The van der Waals surface area contributed by atoms with Crippen LogP contribution in [0.4, 0.5) is 0 Å². The van der Waals surface area contributed by atoms with Gasteiger partial charge in [-0.25, -0.2) is 4.98 Å². The van der Waals surface area contributed by atoms with Gasteiger partial charge in [-0.2, -0.15) is 4.37 Å². The molecule has 1 aromatic carbocycles. The Balaban J connectivity index is 2.11. The number of aldehydes is 1. The molecule has 1 aromatic heterocycles. The predicted molar refractivity (Wildman–Crippen MR) is 77.2 cm³/mol. The molecule has 1 heterocycles. The number of thioether (sulfide) groups is 1. The standard InChI is InChI=1S/C13H14N2O2S2/c1-3-12-14-13(19-15-12)18-8-10-6-9(7-16)4-5-11(10)17-2/h4-7H,3,8H2,1-2H3. The van der Waals surface area contributed by atoms with Crippen LogP contribution in [0.3, 0.4) is 0 Å². The van der Waals surface area contributed by atoms with E-state index in [9.17, 15) is 4.79 Å². The number of rotatable bonds is 6. The van der Waals surface area contributed by atoms with E-state index in [2.05, 4.69) is 9.36 Å². The Morgan fingerprint density at radius 2 is 2.32 bits per heavy atom. The minimum Gasteiger partial charge on any atom is -0.496 e. The second kappa shape index (κ2) is 6.68. The van der Waals surface area contributed by atoms with Crippen LogP contribution in [0, 0.1) is 0 Å². The lowest BCUT2D eigenvalue weighted by Gasteiger charge is -2.07. The summed E-state index contributed by atoms with van der Waals surface area (Å²) in [6.07, 6.45) is 1.69. The van der Waals surface area contributed by atoms with Crippen molar-refractivity contribution in [1.82, 2.24) is 9.36 Å². The SMILES string of the molecule is CCc1nsc(SCc2cc(C=O)ccc2OC)n1. The summed E-state index contributed by atoms with van der Waals surface area (Å²) in [6, 6.07) is 5.41. The van der Waals surface area contributed by atoms with E-state index in [4.69, 9.17) is 4.74 Å². The third-order valence-corrected chi connectivity index (χ3v) is 4.48. The molecule has 0 fully saturated rings. The largest absolute Gasteiger partial charge is 0.496 e. The Hall–Kier alpha value is -1.40. The minimum absolute atomic E-state index is 0.655. The van der Waals surface area contributed by atoms with Crippen molar-refractivity contribution in [3.8, 4) is 5.75 Å². The molecule has 2 rings (SSSR count). The van der Waals surface area contributed by atoms with Gasteiger partial charge >= 0.3 is 0 Å². The highest BCUT2D eigenvalue weighted by Crippen LogP contribution is 2.29. The van der Waals surface area contributed by atoms with Crippen LogP contribution < -0.4 is 4.74 Å². The number of carbonyl (C=O) groups is 1. The molecule has 0 unspecified atom stereocenters. The number of methoxy groups -OCH3 is 1. The van der Waals surface area contributed by atoms with Crippen LogP contribution in [0.5, 0.6) is 5.75 Å². The third-order valence-electron chi connectivity index (χ3n) is 2.56. The first-order valence-corrected chi connectivity index (χ1v) is 7.60. The quantitative estimate of drug-likeness (QED) is 0.605. The van der Waals surface area contributed by atoms with Gasteiger partial charge in [0.05, 0.1) is 7.11 Å². The van der Waals surface area contributed by atoms with Crippen LogP contribution in [0.1, 0.15) is 28.7 Å². The lowest BCUT2D eigenvalue weighted by Crippen LogP contribution is -1.92. The van der Waals surface area contributed by atoms with E-state index in [-0.39, 0.29) is 0 Å². The van der Waals surface area contributed by atoms with Crippen molar-refractivity contribution in [1.29, 1.82) is 0 Å². The van der Waals surface area contributed by atoms with Gasteiger partial charge in [-0.15, -0.1) is 0 Å². The van der Waals surface area contributed by atoms with E-state index in [0.717, 1.165) is 34.2 Å². The molecule has 0 atom stereocenters. The summed E-state index contributed by atoms with van der Waals surface area (Å²) in [7, 11) is 1.63. The summed E-state index contributed by atoms with van der Waals surface area (Å²) in [5.74, 6) is 2.38. The monoisotopic (exact) mass is 294 g/mol. The van der Waals surface area contributed by atoms with E-state index >= 15 is 0 Å². The van der Waals surface area contributed by atoms with E-state index in [1.54, 1.807) is 24.9 Å². The Labute approximate surface area is 120 Å². The molecule has 0 saturated carbocycles. The highest BCUT2D eigenvalue weighted by molar-refractivity contribution is 8.00. The zero-order valence-corrected chi connectivity index (χ0v) is 12.4. The van der Waals surface area contributed by atoms with Gasteiger partial charge in [0, 0.05) is 23.3 Å². The second-order valence-corrected chi connectivity index (χ2v) is 5.78. The average Bonchev–Trinajstić information content (AvgIpc) is 2.92. The minimum atomic E-state index is 0.655. The molecular weight excluding hydrogens is 280 g/mol. The highest BCUT2D eigenvalue weighted by Gasteiger charge is 2.08. The van der Waals surface area contributed by atoms with Crippen LogP contribution in [0.15, 0.2) is 22.5 Å². The molecule has 4 nitrogen and oxygen atoms in total. The average molecular weight is 294 g/mol. The van der Waals surface area contributed by atoms with Crippen molar-refractivity contribution in [2.75, 3.05) is 7.11 Å². The lowest BCUT2D eigenvalue weighted by atomic mass is 10.1. The maximum Gasteiger partial charge on any atom is 0.170 e. The zero-order valence-electron chi connectivity index (χ0n) is 10.8. The molecular formula is C13H14N2O2S2. The van der Waals surface area contributed by atoms with Gasteiger partial charge in [-0.05, 0) is 29.7 Å². The van der Waals surface area contributed by atoms with Crippen molar-refractivity contribution in [2.45, 2.75) is 23.4 Å². The van der Waals surface area contributed by atoms with E-state index in [1.807, 2.05) is 19.1 Å². The van der Waals surface area contributed by atoms with Gasteiger partial charge in [0.25, 0.3) is 0 Å². The molecule has 0 radical (unpaired) electrons. The Kier molecular flexibility index (Phi) is 4.93. The maximum absolute atomic E-state index is 10.8. The summed E-state index contributed by atoms with van der Waals surface area (Å²) in [5.41, 5.74) is 1.65. The number of carbonyl (C=O) groups excluding carboxylic acids is 1. The molecule has 0 amide bonds. The molecule has 6 heteroatoms. The highest BCUT2D eigenvalue weighted by atomic mass is 32.2. The van der Waals surface area contributed by atoms with Crippen molar-refractivity contribution >= 4 is 29.6 Å². The topological polar surface area (TPSA) is 52.1 Å². The molecule has 0 N–H and O–H groups in total. The molecule has 0 aliphatic rings. The lowest BCUT2D eigenvalue weighted by molar-refractivity contribution is 0.112. The fourth-order valence-corrected chi connectivity index (χ4v) is 3.24. The maximum atomic E-state index is 10.8. The van der Waals surface area contributed by atoms with Crippen molar-refractivity contribution in [2.24, 2.45) is 0 Å². The summed E-state index contributed by atoms with van der Waals surface area (Å²) in [4.78, 5) is 15.2. The third kappa shape index (κ3) is 3.54. The molecule has 0 aliphatic heterocycles. The molecule has 0 spiro atoms. The zero-order chi connectivity index (χ0) is 13.7. The number of benzene rings is 1. The summed E-state index contributed by atoms with van der Waals surface area (Å²) in [6.45, 7) is 2.03. The predicted octanol–water partition coefficient (Wildman–Crippen LogP) is 3.21. The molecule has 0 aliphatic carbocycles. The van der Waals surface area contributed by atoms with Crippen LogP contribution in [-0.4, -0.2) is 22.8 Å². The first-order valence-electron chi connectivity index (χ1n) is 5.84. The Morgan fingerprint density at radius 3 is 2.95 bits per heavy atom. The van der Waals surface area contributed by atoms with Gasteiger partial charge in [0.15, 0.2) is 4.34 Å². The number of hydrogen-bond donors (Lipinski definition) is 0. The first-order chi connectivity index (χ1) is 9.26. The Morgan fingerprint density at radius 1 is 1.47 bits per heavy atom. The van der Waals surface area contributed by atoms with Crippen LogP contribution in [0.25, 0.3) is 0 Å². The number of aryl methyl sites for hydroxylation is 1. The molecule has 0 bridgehead atoms. The van der Waals surface area contributed by atoms with Crippen molar-refractivity contribution in [3.63, 3.8) is 0 Å². The van der Waals surface area contributed by atoms with E-state index in [1.165, 1.54) is 11.5 Å². The number of ether oxygens (including phenoxy) is 1. The van der Waals surface area contributed by atoms with E-state index in [0.29, 0.717) is 11.3 Å².